The lowest BCUT2D eigenvalue weighted by Crippen LogP contribution is -2.49. The van der Waals surface area contributed by atoms with Crippen LogP contribution in [-0.2, 0) is 26.9 Å². The van der Waals surface area contributed by atoms with Gasteiger partial charge in [0, 0.05) is 19.1 Å². The summed E-state index contributed by atoms with van der Waals surface area (Å²) in [5.74, 6) is -0.559. The van der Waals surface area contributed by atoms with Gasteiger partial charge >= 0.3 is 5.76 Å². The van der Waals surface area contributed by atoms with E-state index in [4.69, 9.17) is 4.42 Å². The maximum absolute atomic E-state index is 13.5. The molecule has 2 fully saturated rings. The van der Waals surface area contributed by atoms with Gasteiger partial charge in [0.1, 0.15) is 0 Å². The number of aromatic nitrogens is 1. The summed E-state index contributed by atoms with van der Waals surface area (Å²) >= 11 is 0. The number of hydrogen-bond donors (Lipinski definition) is 0. The largest absolute Gasteiger partial charge is 0.419 e. The third-order valence-electron chi connectivity index (χ3n) is 6.47. The van der Waals surface area contributed by atoms with Crippen molar-refractivity contribution in [2.45, 2.75) is 52.8 Å². The standard InChI is InChI=1S/C21H22N2O6S2/c1-22-19-13-17(9-10-20(19)29-21(22)24)31(27,28)23-14-7-8-15(23)12-18(11-14)30(25,26)16-5-3-2-4-6-16/h2-6,9-10,13-15,18H,7-8,11-12H2,1H3. The Morgan fingerprint density at radius 2 is 1.55 bits per heavy atom. The monoisotopic (exact) mass is 462 g/mol. The number of piperidine rings is 1. The number of aryl methyl sites for hydroxylation is 1. The van der Waals surface area contributed by atoms with Crippen LogP contribution in [0.15, 0.2) is 67.5 Å². The van der Waals surface area contributed by atoms with Crippen LogP contribution in [0.4, 0.5) is 0 Å². The van der Waals surface area contributed by atoms with Crippen LogP contribution in [0.2, 0.25) is 0 Å². The third-order valence-corrected chi connectivity index (χ3v) is 10.7. The molecule has 2 unspecified atom stereocenters. The Morgan fingerprint density at radius 1 is 0.903 bits per heavy atom. The van der Waals surface area contributed by atoms with Crippen LogP contribution < -0.4 is 5.76 Å². The summed E-state index contributed by atoms with van der Waals surface area (Å²) in [6.07, 6.45) is 1.83. The maximum atomic E-state index is 13.5. The quantitative estimate of drug-likeness (QED) is 0.589. The minimum absolute atomic E-state index is 0.0812. The predicted molar refractivity (Wildman–Crippen MR) is 114 cm³/mol. The molecule has 2 saturated heterocycles. The molecule has 2 aliphatic heterocycles. The topological polar surface area (TPSA) is 107 Å². The van der Waals surface area contributed by atoms with E-state index in [0.29, 0.717) is 23.9 Å². The van der Waals surface area contributed by atoms with Crippen LogP contribution in [0.25, 0.3) is 11.1 Å². The second-order valence-electron chi connectivity index (χ2n) is 8.23. The Balaban J connectivity index is 1.48. The lowest BCUT2D eigenvalue weighted by atomic mass is 10.1. The number of rotatable bonds is 4. The molecule has 1 aromatic heterocycles. The second kappa shape index (κ2) is 7.04. The Morgan fingerprint density at radius 3 is 2.19 bits per heavy atom. The lowest BCUT2D eigenvalue weighted by Gasteiger charge is -2.37. The number of benzene rings is 2. The second-order valence-corrected chi connectivity index (χ2v) is 12.3. The van der Waals surface area contributed by atoms with E-state index in [-0.39, 0.29) is 34.7 Å². The van der Waals surface area contributed by atoms with Crippen LogP contribution in [0.5, 0.6) is 0 Å². The van der Waals surface area contributed by atoms with Gasteiger partial charge in [-0.2, -0.15) is 4.31 Å². The zero-order chi connectivity index (χ0) is 22.0. The van der Waals surface area contributed by atoms with Gasteiger partial charge in [-0.05, 0) is 56.0 Å². The summed E-state index contributed by atoms with van der Waals surface area (Å²) in [5, 5.41) is -0.601. The molecule has 0 spiro atoms. The van der Waals surface area contributed by atoms with Crippen molar-refractivity contribution in [3.63, 3.8) is 0 Å². The summed E-state index contributed by atoms with van der Waals surface area (Å²) in [6.45, 7) is 0. The summed E-state index contributed by atoms with van der Waals surface area (Å²) in [5.41, 5.74) is 0.724. The number of fused-ring (bicyclic) bond motifs is 3. The molecule has 10 heteroatoms. The average molecular weight is 463 g/mol. The van der Waals surface area contributed by atoms with Crippen LogP contribution in [0.1, 0.15) is 25.7 Å². The van der Waals surface area contributed by atoms with E-state index in [1.165, 1.54) is 34.1 Å². The van der Waals surface area contributed by atoms with Crippen LogP contribution >= 0.6 is 0 Å². The molecule has 164 valence electrons. The van der Waals surface area contributed by atoms with Crippen molar-refractivity contribution in [3.8, 4) is 0 Å². The van der Waals surface area contributed by atoms with Gasteiger partial charge in [-0.25, -0.2) is 21.6 Å². The molecular formula is C21H22N2O6S2. The molecular weight excluding hydrogens is 440 g/mol. The average Bonchev–Trinajstić information content (AvgIpc) is 3.20. The molecule has 0 saturated carbocycles. The first kappa shape index (κ1) is 20.5. The van der Waals surface area contributed by atoms with Gasteiger partial charge in [0.15, 0.2) is 15.4 Å². The highest BCUT2D eigenvalue weighted by atomic mass is 32.2. The maximum Gasteiger partial charge on any atom is 0.419 e. The van der Waals surface area contributed by atoms with E-state index in [2.05, 4.69) is 0 Å². The molecule has 5 rings (SSSR count). The molecule has 31 heavy (non-hydrogen) atoms. The number of sulfone groups is 1. The minimum atomic E-state index is -3.85. The van der Waals surface area contributed by atoms with E-state index in [9.17, 15) is 21.6 Å². The van der Waals surface area contributed by atoms with E-state index in [1.807, 2.05) is 0 Å². The minimum Gasteiger partial charge on any atom is -0.408 e. The van der Waals surface area contributed by atoms with E-state index in [0.717, 1.165) is 0 Å². The van der Waals surface area contributed by atoms with Crippen molar-refractivity contribution in [1.82, 2.24) is 8.87 Å². The summed E-state index contributed by atoms with van der Waals surface area (Å²) in [4.78, 5) is 12.1. The van der Waals surface area contributed by atoms with Gasteiger partial charge in [-0.3, -0.25) is 4.57 Å². The lowest BCUT2D eigenvalue weighted by molar-refractivity contribution is 0.249. The Bertz CT molecular complexity index is 1410. The smallest absolute Gasteiger partial charge is 0.408 e. The highest BCUT2D eigenvalue weighted by Crippen LogP contribution is 2.43. The van der Waals surface area contributed by atoms with Crippen LogP contribution in [0, 0.1) is 0 Å². The van der Waals surface area contributed by atoms with Gasteiger partial charge in [0.05, 0.1) is 20.6 Å². The van der Waals surface area contributed by atoms with Crippen LogP contribution in [0.3, 0.4) is 0 Å². The first-order chi connectivity index (χ1) is 14.7. The number of hydrogen-bond acceptors (Lipinski definition) is 6. The van der Waals surface area contributed by atoms with Gasteiger partial charge in [-0.15, -0.1) is 0 Å². The van der Waals surface area contributed by atoms with Crippen molar-refractivity contribution in [3.05, 3.63) is 59.1 Å². The van der Waals surface area contributed by atoms with Crippen molar-refractivity contribution >= 4 is 31.0 Å². The van der Waals surface area contributed by atoms with Gasteiger partial charge in [0.2, 0.25) is 10.0 Å². The third kappa shape index (κ3) is 3.16. The van der Waals surface area contributed by atoms with Gasteiger partial charge in [-0.1, -0.05) is 18.2 Å². The summed E-state index contributed by atoms with van der Waals surface area (Å²) < 4.78 is 61.1. The molecule has 2 aliphatic rings. The molecule has 8 nitrogen and oxygen atoms in total. The molecule has 2 atom stereocenters. The van der Waals surface area contributed by atoms with Crippen LogP contribution in [-0.4, -0.2) is 43.0 Å². The molecule has 0 amide bonds. The Hall–Kier alpha value is -2.43. The fraction of sp³-hybridized carbons (Fsp3) is 0.381. The van der Waals surface area contributed by atoms with E-state index in [1.54, 1.807) is 30.3 Å². The van der Waals surface area contributed by atoms with Gasteiger partial charge in [0.25, 0.3) is 0 Å². The van der Waals surface area contributed by atoms with Crippen molar-refractivity contribution in [2.24, 2.45) is 7.05 Å². The zero-order valence-corrected chi connectivity index (χ0v) is 18.5. The van der Waals surface area contributed by atoms with E-state index >= 15 is 0 Å². The first-order valence-corrected chi connectivity index (χ1v) is 13.1. The summed E-state index contributed by atoms with van der Waals surface area (Å²) in [6, 6.07) is 12.0. The highest BCUT2D eigenvalue weighted by Gasteiger charge is 2.50. The normalized spacial score (nSPS) is 24.6. The fourth-order valence-electron chi connectivity index (χ4n) is 4.92. The van der Waals surface area contributed by atoms with Crippen molar-refractivity contribution < 1.29 is 21.3 Å². The number of nitrogens with zero attached hydrogens (tertiary/aromatic N) is 2. The highest BCUT2D eigenvalue weighted by molar-refractivity contribution is 7.92. The Labute approximate surface area is 180 Å². The molecule has 2 bridgehead atoms. The zero-order valence-electron chi connectivity index (χ0n) is 16.8. The molecule has 0 aliphatic carbocycles. The van der Waals surface area contributed by atoms with E-state index < -0.39 is 30.9 Å². The van der Waals surface area contributed by atoms with Crippen molar-refractivity contribution in [2.75, 3.05) is 0 Å². The SMILES string of the molecule is Cn1c(=O)oc2ccc(S(=O)(=O)N3C4CCC3CC(S(=O)(=O)c3ccccc3)C4)cc21. The van der Waals surface area contributed by atoms with Crippen molar-refractivity contribution in [1.29, 1.82) is 0 Å². The molecule has 3 heterocycles. The summed E-state index contributed by atoms with van der Waals surface area (Å²) in [7, 11) is -5.85. The number of oxazole rings is 1. The number of sulfonamides is 1. The molecule has 3 aromatic rings. The first-order valence-electron chi connectivity index (χ1n) is 10.1. The molecule has 0 radical (unpaired) electrons. The Kier molecular flexibility index (Phi) is 4.65. The molecule has 2 aromatic carbocycles. The van der Waals surface area contributed by atoms with Gasteiger partial charge < -0.3 is 4.42 Å². The fourth-order valence-corrected chi connectivity index (χ4v) is 8.71. The predicted octanol–water partition coefficient (Wildman–Crippen LogP) is 2.29. The molecule has 0 N–H and O–H groups in total.